The highest BCUT2D eigenvalue weighted by molar-refractivity contribution is 7.92. The van der Waals surface area contributed by atoms with Crippen molar-refractivity contribution in [2.45, 2.75) is 42.9 Å². The topological polar surface area (TPSA) is 95.0 Å². The van der Waals surface area contributed by atoms with Gasteiger partial charge in [0.2, 0.25) is 0 Å². The number of amides is 1. The third kappa shape index (κ3) is 4.62. The zero-order valence-corrected chi connectivity index (χ0v) is 21.2. The predicted octanol–water partition coefficient (Wildman–Crippen LogP) is 4.32. The third-order valence-corrected chi connectivity index (χ3v) is 9.06. The Morgan fingerprint density at radius 1 is 1.21 bits per heavy atom. The minimum atomic E-state index is -3.53. The molecule has 1 amide bonds. The number of thiazole rings is 1. The summed E-state index contributed by atoms with van der Waals surface area (Å²) in [6, 6.07) is 9.75. The average molecular weight is 505 g/mol. The van der Waals surface area contributed by atoms with Crippen LogP contribution >= 0.6 is 11.3 Å². The van der Waals surface area contributed by atoms with Gasteiger partial charge < -0.3 is 14.2 Å². The monoisotopic (exact) mass is 504 g/mol. The number of benzene rings is 2. The van der Waals surface area contributed by atoms with E-state index in [1.165, 1.54) is 23.5 Å². The highest BCUT2D eigenvalue weighted by Crippen LogP contribution is 2.40. The van der Waals surface area contributed by atoms with Gasteiger partial charge in [-0.3, -0.25) is 9.69 Å². The van der Waals surface area contributed by atoms with E-state index in [4.69, 9.17) is 19.2 Å². The number of carbonyl (C=O) groups is 1. The molecule has 0 spiro atoms. The number of anilines is 1. The quantitative estimate of drug-likeness (QED) is 0.451. The van der Waals surface area contributed by atoms with E-state index in [1.807, 2.05) is 0 Å². The van der Waals surface area contributed by atoms with Crippen LogP contribution in [0.15, 0.2) is 41.3 Å². The van der Waals surface area contributed by atoms with Crippen LogP contribution < -0.4 is 14.4 Å². The van der Waals surface area contributed by atoms with Crippen molar-refractivity contribution in [3.63, 3.8) is 0 Å². The first kappa shape index (κ1) is 24.4. The highest BCUT2D eigenvalue weighted by atomic mass is 32.2. The van der Waals surface area contributed by atoms with Gasteiger partial charge in [0.15, 0.2) is 15.0 Å². The van der Waals surface area contributed by atoms with E-state index in [9.17, 15) is 13.2 Å². The smallest absolute Gasteiger partial charge is 0.260 e. The van der Waals surface area contributed by atoms with Gasteiger partial charge in [0, 0.05) is 12.2 Å². The molecule has 2 aromatic carbocycles. The Hall–Kier alpha value is -2.69. The first-order chi connectivity index (χ1) is 16.3. The van der Waals surface area contributed by atoms with Gasteiger partial charge in [-0.05, 0) is 57.0 Å². The lowest BCUT2D eigenvalue weighted by atomic mass is 10.2. The zero-order valence-electron chi connectivity index (χ0n) is 19.6. The normalized spacial score (nSPS) is 16.2. The summed E-state index contributed by atoms with van der Waals surface area (Å²) >= 11 is 1.32. The molecular weight excluding hydrogens is 476 g/mol. The molecule has 1 atom stereocenters. The fourth-order valence-corrected chi connectivity index (χ4v) is 6.05. The molecule has 10 heteroatoms. The molecule has 1 unspecified atom stereocenters. The van der Waals surface area contributed by atoms with Crippen molar-refractivity contribution < 1.29 is 27.4 Å². The van der Waals surface area contributed by atoms with E-state index in [0.717, 1.165) is 17.5 Å². The van der Waals surface area contributed by atoms with E-state index < -0.39 is 15.1 Å². The maximum atomic E-state index is 13.7. The first-order valence-corrected chi connectivity index (χ1v) is 13.4. The fourth-order valence-electron chi connectivity index (χ4n) is 3.86. The van der Waals surface area contributed by atoms with Crippen LogP contribution in [0.25, 0.3) is 10.2 Å². The summed E-state index contributed by atoms with van der Waals surface area (Å²) in [5, 5.41) is -0.125. The number of carbonyl (C=O) groups excluding carboxylic acids is 1. The summed E-state index contributed by atoms with van der Waals surface area (Å²) in [6.07, 6.45) is 1.64. The van der Waals surface area contributed by atoms with Crippen molar-refractivity contribution in [3.8, 4) is 11.5 Å². The van der Waals surface area contributed by atoms with Crippen LogP contribution in [0.2, 0.25) is 0 Å². The molecule has 0 N–H and O–H groups in total. The highest BCUT2D eigenvalue weighted by Gasteiger charge is 2.29. The molecule has 0 radical (unpaired) electrons. The van der Waals surface area contributed by atoms with E-state index >= 15 is 0 Å². The zero-order chi connectivity index (χ0) is 24.5. The van der Waals surface area contributed by atoms with Crippen molar-refractivity contribution >= 4 is 42.4 Å². The number of fused-ring (bicyclic) bond motifs is 1. The Labute approximate surface area is 203 Å². The summed E-state index contributed by atoms with van der Waals surface area (Å²) in [5.41, 5.74) is 0.876. The summed E-state index contributed by atoms with van der Waals surface area (Å²) in [6.45, 7) is 4.20. The van der Waals surface area contributed by atoms with Crippen LogP contribution in [0.3, 0.4) is 0 Å². The van der Waals surface area contributed by atoms with Gasteiger partial charge in [-0.15, -0.1) is 0 Å². The Morgan fingerprint density at radius 2 is 1.94 bits per heavy atom. The lowest BCUT2D eigenvalue weighted by Crippen LogP contribution is -2.37. The fraction of sp³-hybridized carbons (Fsp3) is 0.417. The molecule has 34 heavy (non-hydrogen) atoms. The van der Waals surface area contributed by atoms with Crippen molar-refractivity contribution in [2.24, 2.45) is 0 Å². The van der Waals surface area contributed by atoms with Crippen molar-refractivity contribution in [3.05, 3.63) is 42.0 Å². The van der Waals surface area contributed by atoms with Crippen LogP contribution in [0.1, 0.15) is 37.0 Å². The molecule has 2 heterocycles. The molecular formula is C24H28N2O6S2. The second-order valence-electron chi connectivity index (χ2n) is 8.32. The van der Waals surface area contributed by atoms with Crippen molar-refractivity contribution in [1.82, 2.24) is 4.98 Å². The summed E-state index contributed by atoms with van der Waals surface area (Å²) in [5.74, 6) is 0.871. The van der Waals surface area contributed by atoms with Crippen LogP contribution in [0, 0.1) is 0 Å². The summed E-state index contributed by atoms with van der Waals surface area (Å²) in [4.78, 5) is 20.2. The molecule has 1 aliphatic rings. The van der Waals surface area contributed by atoms with Gasteiger partial charge in [-0.25, -0.2) is 13.4 Å². The number of aromatic nitrogens is 1. The maximum Gasteiger partial charge on any atom is 0.260 e. The maximum absolute atomic E-state index is 13.7. The van der Waals surface area contributed by atoms with Crippen molar-refractivity contribution in [2.75, 3.05) is 32.3 Å². The van der Waals surface area contributed by atoms with Gasteiger partial charge in [-0.1, -0.05) is 17.4 Å². The molecule has 3 aromatic rings. The largest absolute Gasteiger partial charge is 0.495 e. The van der Waals surface area contributed by atoms with Gasteiger partial charge in [-0.2, -0.15) is 0 Å². The van der Waals surface area contributed by atoms with Gasteiger partial charge in [0.05, 0.1) is 37.0 Å². The number of sulfone groups is 1. The van der Waals surface area contributed by atoms with Gasteiger partial charge in [0.25, 0.3) is 5.91 Å². The van der Waals surface area contributed by atoms with E-state index in [1.54, 1.807) is 57.2 Å². The number of methoxy groups -OCH3 is 2. The Morgan fingerprint density at radius 3 is 2.59 bits per heavy atom. The lowest BCUT2D eigenvalue weighted by Gasteiger charge is -2.23. The van der Waals surface area contributed by atoms with Gasteiger partial charge >= 0.3 is 0 Å². The predicted molar refractivity (Wildman–Crippen MR) is 132 cm³/mol. The second-order valence-corrected chi connectivity index (χ2v) is 11.8. The molecule has 182 valence electrons. The van der Waals surface area contributed by atoms with Crippen LogP contribution in [0.5, 0.6) is 11.5 Å². The van der Waals surface area contributed by atoms with Crippen LogP contribution in [0.4, 0.5) is 5.13 Å². The first-order valence-electron chi connectivity index (χ1n) is 11.0. The van der Waals surface area contributed by atoms with E-state index in [2.05, 4.69) is 0 Å². The van der Waals surface area contributed by atoms with E-state index in [-0.39, 0.29) is 22.5 Å². The SMILES string of the molecule is COc1ccc(OC)c2sc(N(CC3CCCO3)C(=O)c3cccc(S(=O)(=O)C(C)C)c3)nc12. The Balaban J connectivity index is 1.79. The molecule has 1 saturated heterocycles. The molecule has 8 nitrogen and oxygen atoms in total. The number of rotatable bonds is 8. The second kappa shape index (κ2) is 9.89. The van der Waals surface area contributed by atoms with Crippen molar-refractivity contribution in [1.29, 1.82) is 0 Å². The Bertz CT molecular complexity index is 1260. The lowest BCUT2D eigenvalue weighted by molar-refractivity contribution is 0.0917. The minimum Gasteiger partial charge on any atom is -0.495 e. The minimum absolute atomic E-state index is 0.123. The third-order valence-electron chi connectivity index (χ3n) is 5.82. The number of nitrogens with zero attached hydrogens (tertiary/aromatic N) is 2. The van der Waals surface area contributed by atoms with E-state index in [0.29, 0.717) is 35.3 Å². The molecule has 1 fully saturated rings. The molecule has 0 saturated carbocycles. The molecule has 0 bridgehead atoms. The molecule has 4 rings (SSSR count). The number of hydrogen-bond acceptors (Lipinski definition) is 8. The van der Waals surface area contributed by atoms with Crippen LogP contribution in [-0.2, 0) is 14.6 Å². The summed E-state index contributed by atoms with van der Waals surface area (Å²) < 4.78 is 42.9. The number of hydrogen-bond donors (Lipinski definition) is 0. The van der Waals surface area contributed by atoms with Gasteiger partial charge in [0.1, 0.15) is 21.7 Å². The standard InChI is InChI=1S/C24H28N2O6S2/c1-15(2)34(28,29)18-9-5-7-16(13-18)23(27)26(14-17-8-6-12-32-17)24-25-21-19(30-3)10-11-20(31-4)22(21)33-24/h5,7,9-11,13,15,17H,6,8,12,14H2,1-4H3. The molecule has 1 aliphatic heterocycles. The molecule has 0 aliphatic carbocycles. The number of ether oxygens (including phenoxy) is 3. The Kier molecular flexibility index (Phi) is 7.11. The molecule has 1 aromatic heterocycles. The summed E-state index contributed by atoms with van der Waals surface area (Å²) in [7, 11) is -0.380. The van der Waals surface area contributed by atoms with Crippen LogP contribution in [-0.4, -0.2) is 58.0 Å². The average Bonchev–Trinajstić information content (AvgIpc) is 3.51.